The highest BCUT2D eigenvalue weighted by Gasteiger charge is 2.05. The average molecular weight is 184 g/mol. The maximum Gasteiger partial charge on any atom is 0.136 e. The lowest BCUT2D eigenvalue weighted by Gasteiger charge is -2.07. The highest BCUT2D eigenvalue weighted by atomic mass is 32.2. The predicted molar refractivity (Wildman–Crippen MR) is 52.0 cm³/mol. The largest absolute Gasteiger partial charge is 0.206 e. The van der Waals surface area contributed by atoms with Crippen LogP contribution >= 0.6 is 11.8 Å². The monoisotopic (exact) mass is 184 g/mol. The molecule has 1 atom stereocenters. The molecule has 66 valence electrons. The van der Waals surface area contributed by atoms with E-state index in [0.717, 1.165) is 11.3 Å². The van der Waals surface area contributed by atoms with E-state index < -0.39 is 0 Å². The first-order valence-corrected chi connectivity index (χ1v) is 5.03. The van der Waals surface area contributed by atoms with Crippen molar-refractivity contribution in [3.8, 4) is 0 Å². The molecule has 0 bridgehead atoms. The Morgan fingerprint density at radius 1 is 1.42 bits per heavy atom. The van der Waals surface area contributed by atoms with Crippen molar-refractivity contribution in [2.45, 2.75) is 30.4 Å². The average Bonchev–Trinajstić information content (AvgIpc) is 2.09. The van der Waals surface area contributed by atoms with Gasteiger partial charge in [0.25, 0.3) is 0 Å². The van der Waals surface area contributed by atoms with Gasteiger partial charge in [0, 0.05) is 10.1 Å². The summed E-state index contributed by atoms with van der Waals surface area (Å²) in [5.74, 6) is -0.109. The van der Waals surface area contributed by atoms with E-state index >= 15 is 0 Å². The molecule has 1 unspecified atom stereocenters. The first-order chi connectivity index (χ1) is 5.74. The van der Waals surface area contributed by atoms with Gasteiger partial charge in [-0.2, -0.15) is 0 Å². The third-order valence-corrected chi connectivity index (χ3v) is 3.06. The Kier molecular flexibility index (Phi) is 3.60. The predicted octanol–water partition coefficient (Wildman–Crippen LogP) is 3.72. The third-order valence-electron chi connectivity index (χ3n) is 1.74. The summed E-state index contributed by atoms with van der Waals surface area (Å²) in [4.78, 5) is 0.756. The Balaban J connectivity index is 2.69. The second-order valence-electron chi connectivity index (χ2n) is 2.77. The SMILES string of the molecule is CCC(C)Sc1ccccc1F. The summed E-state index contributed by atoms with van der Waals surface area (Å²) in [5.41, 5.74) is 0. The smallest absolute Gasteiger partial charge is 0.136 e. The standard InChI is InChI=1S/C10H13FS/c1-3-8(2)12-10-7-5-4-6-9(10)11/h4-8H,3H2,1-2H3. The van der Waals surface area contributed by atoms with Crippen LogP contribution in [0.15, 0.2) is 29.2 Å². The number of hydrogen-bond acceptors (Lipinski definition) is 1. The summed E-state index contributed by atoms with van der Waals surface area (Å²) < 4.78 is 13.1. The van der Waals surface area contributed by atoms with Gasteiger partial charge >= 0.3 is 0 Å². The molecule has 0 heterocycles. The Labute approximate surface area is 77.2 Å². The highest BCUT2D eigenvalue weighted by molar-refractivity contribution is 7.99. The third kappa shape index (κ3) is 2.52. The van der Waals surface area contributed by atoms with E-state index in [1.165, 1.54) is 6.07 Å². The Morgan fingerprint density at radius 3 is 2.67 bits per heavy atom. The Hall–Kier alpha value is -0.500. The quantitative estimate of drug-likeness (QED) is 0.645. The minimum absolute atomic E-state index is 0.109. The van der Waals surface area contributed by atoms with Crippen LogP contribution in [0, 0.1) is 5.82 Å². The van der Waals surface area contributed by atoms with Gasteiger partial charge in [0.2, 0.25) is 0 Å². The minimum atomic E-state index is -0.109. The maximum atomic E-state index is 13.1. The molecule has 0 N–H and O–H groups in total. The molecule has 12 heavy (non-hydrogen) atoms. The van der Waals surface area contributed by atoms with Crippen molar-refractivity contribution >= 4 is 11.8 Å². The van der Waals surface area contributed by atoms with E-state index in [-0.39, 0.29) is 5.82 Å². The number of halogens is 1. The minimum Gasteiger partial charge on any atom is -0.206 e. The zero-order valence-corrected chi connectivity index (χ0v) is 8.20. The van der Waals surface area contributed by atoms with E-state index in [2.05, 4.69) is 13.8 Å². The molecule has 0 aliphatic rings. The molecule has 0 saturated carbocycles. The molecule has 1 aromatic carbocycles. The molecule has 1 aromatic rings. The fraction of sp³-hybridized carbons (Fsp3) is 0.400. The molecule has 0 amide bonds. The van der Waals surface area contributed by atoms with Crippen molar-refractivity contribution in [3.63, 3.8) is 0 Å². The maximum absolute atomic E-state index is 13.1. The van der Waals surface area contributed by atoms with E-state index in [1.807, 2.05) is 12.1 Å². The number of benzene rings is 1. The lowest BCUT2D eigenvalue weighted by molar-refractivity contribution is 0.601. The molecule has 0 aromatic heterocycles. The van der Waals surface area contributed by atoms with Crippen LogP contribution in [0.3, 0.4) is 0 Å². The molecule has 2 heteroatoms. The van der Waals surface area contributed by atoms with Crippen molar-refractivity contribution in [2.75, 3.05) is 0 Å². The summed E-state index contributed by atoms with van der Waals surface area (Å²) in [6.45, 7) is 4.22. The lowest BCUT2D eigenvalue weighted by Crippen LogP contribution is -1.93. The molecular weight excluding hydrogens is 171 g/mol. The van der Waals surface area contributed by atoms with Crippen LogP contribution in [0.1, 0.15) is 20.3 Å². The summed E-state index contributed by atoms with van der Waals surface area (Å²) in [6.07, 6.45) is 1.07. The zero-order chi connectivity index (χ0) is 8.97. The molecule has 0 aliphatic heterocycles. The van der Waals surface area contributed by atoms with Crippen LogP contribution in [0.2, 0.25) is 0 Å². The molecule has 0 saturated heterocycles. The Bertz CT molecular complexity index is 247. The van der Waals surface area contributed by atoms with E-state index in [0.29, 0.717) is 5.25 Å². The van der Waals surface area contributed by atoms with Gasteiger partial charge in [-0.25, -0.2) is 4.39 Å². The second kappa shape index (κ2) is 4.51. The fourth-order valence-electron chi connectivity index (χ4n) is 0.840. The Morgan fingerprint density at radius 2 is 2.08 bits per heavy atom. The molecule has 0 radical (unpaired) electrons. The second-order valence-corrected chi connectivity index (χ2v) is 4.25. The number of rotatable bonds is 3. The van der Waals surface area contributed by atoms with Crippen LogP contribution < -0.4 is 0 Å². The van der Waals surface area contributed by atoms with Crippen LogP contribution in [0.4, 0.5) is 4.39 Å². The summed E-state index contributed by atoms with van der Waals surface area (Å²) in [7, 11) is 0. The zero-order valence-electron chi connectivity index (χ0n) is 7.38. The van der Waals surface area contributed by atoms with Gasteiger partial charge in [0.15, 0.2) is 0 Å². The number of thioether (sulfide) groups is 1. The van der Waals surface area contributed by atoms with Crippen LogP contribution in [0.5, 0.6) is 0 Å². The van der Waals surface area contributed by atoms with Gasteiger partial charge in [-0.1, -0.05) is 26.0 Å². The topological polar surface area (TPSA) is 0 Å². The van der Waals surface area contributed by atoms with Crippen molar-refractivity contribution in [1.82, 2.24) is 0 Å². The molecule has 1 rings (SSSR count). The molecule has 0 aliphatic carbocycles. The van der Waals surface area contributed by atoms with Gasteiger partial charge in [0.1, 0.15) is 5.82 Å². The van der Waals surface area contributed by atoms with Gasteiger partial charge in [0.05, 0.1) is 0 Å². The molecule has 0 nitrogen and oxygen atoms in total. The first-order valence-electron chi connectivity index (χ1n) is 4.15. The van der Waals surface area contributed by atoms with E-state index in [4.69, 9.17) is 0 Å². The molecular formula is C10H13FS. The summed E-state index contributed by atoms with van der Waals surface area (Å²) in [6, 6.07) is 6.92. The lowest BCUT2D eigenvalue weighted by atomic mass is 10.3. The van der Waals surface area contributed by atoms with E-state index in [9.17, 15) is 4.39 Å². The van der Waals surface area contributed by atoms with Crippen molar-refractivity contribution < 1.29 is 4.39 Å². The van der Waals surface area contributed by atoms with Gasteiger partial charge in [-0.05, 0) is 18.6 Å². The van der Waals surface area contributed by atoms with E-state index in [1.54, 1.807) is 17.8 Å². The van der Waals surface area contributed by atoms with Gasteiger partial charge in [-0.3, -0.25) is 0 Å². The van der Waals surface area contributed by atoms with Crippen LogP contribution in [-0.2, 0) is 0 Å². The molecule has 0 fully saturated rings. The van der Waals surface area contributed by atoms with Gasteiger partial charge in [-0.15, -0.1) is 11.8 Å². The van der Waals surface area contributed by atoms with Crippen molar-refractivity contribution in [1.29, 1.82) is 0 Å². The highest BCUT2D eigenvalue weighted by Crippen LogP contribution is 2.26. The first kappa shape index (κ1) is 9.59. The van der Waals surface area contributed by atoms with Crippen molar-refractivity contribution in [2.24, 2.45) is 0 Å². The normalized spacial score (nSPS) is 12.9. The fourth-order valence-corrected chi connectivity index (χ4v) is 1.78. The van der Waals surface area contributed by atoms with Gasteiger partial charge < -0.3 is 0 Å². The summed E-state index contributed by atoms with van der Waals surface area (Å²) in [5, 5.41) is 0.488. The number of hydrogen-bond donors (Lipinski definition) is 0. The van der Waals surface area contributed by atoms with Crippen LogP contribution in [-0.4, -0.2) is 5.25 Å². The van der Waals surface area contributed by atoms with Crippen molar-refractivity contribution in [3.05, 3.63) is 30.1 Å². The summed E-state index contributed by atoms with van der Waals surface area (Å²) >= 11 is 1.60. The molecule has 0 spiro atoms. The van der Waals surface area contributed by atoms with Crippen LogP contribution in [0.25, 0.3) is 0 Å².